The van der Waals surface area contributed by atoms with Crippen molar-refractivity contribution in [2.45, 2.75) is 32.1 Å². The number of rotatable bonds is 5. The van der Waals surface area contributed by atoms with Crippen molar-refractivity contribution in [2.75, 3.05) is 29.9 Å². The Bertz CT molecular complexity index is 920. The van der Waals surface area contributed by atoms with Gasteiger partial charge >= 0.3 is 0 Å². The second kappa shape index (κ2) is 7.74. The van der Waals surface area contributed by atoms with E-state index in [1.165, 1.54) is 31.1 Å². The van der Waals surface area contributed by atoms with E-state index in [1.54, 1.807) is 0 Å². The minimum Gasteiger partial charge on any atom is -0.355 e. The Morgan fingerprint density at radius 2 is 1.64 bits per heavy atom. The van der Waals surface area contributed by atoms with Crippen molar-refractivity contribution < 1.29 is 0 Å². The van der Waals surface area contributed by atoms with Gasteiger partial charge in [0.25, 0.3) is 0 Å². The third-order valence-corrected chi connectivity index (χ3v) is 6.20. The predicted octanol–water partition coefficient (Wildman–Crippen LogP) is 4.31. The summed E-state index contributed by atoms with van der Waals surface area (Å²) in [4.78, 5) is 16.7. The molecule has 0 amide bonds. The minimum atomic E-state index is 0.723. The van der Waals surface area contributed by atoms with Crippen molar-refractivity contribution in [3.8, 4) is 0 Å². The molecule has 144 valence electrons. The van der Waals surface area contributed by atoms with Crippen LogP contribution in [0.2, 0.25) is 0 Å². The highest BCUT2D eigenvalue weighted by Crippen LogP contribution is 2.37. The highest BCUT2D eigenvalue weighted by Gasteiger charge is 2.30. The molecule has 1 aromatic carbocycles. The molecule has 5 nitrogen and oxygen atoms in total. The molecule has 0 atom stereocenters. The van der Waals surface area contributed by atoms with Crippen LogP contribution in [-0.4, -0.2) is 34.6 Å². The van der Waals surface area contributed by atoms with Crippen molar-refractivity contribution in [2.24, 2.45) is 11.8 Å². The average molecular weight is 374 g/mol. The quantitative estimate of drug-likeness (QED) is 0.722. The monoisotopic (exact) mass is 373 g/mol. The normalized spacial score (nSPS) is 21.6. The van der Waals surface area contributed by atoms with Gasteiger partial charge in [-0.3, -0.25) is 4.98 Å². The fourth-order valence-electron chi connectivity index (χ4n) is 4.70. The number of fused-ring (bicyclic) bond motifs is 5. The van der Waals surface area contributed by atoms with Gasteiger partial charge in [-0.05, 0) is 61.8 Å². The zero-order valence-electron chi connectivity index (χ0n) is 16.2. The van der Waals surface area contributed by atoms with E-state index in [4.69, 9.17) is 9.97 Å². The number of para-hydroxylation sites is 1. The zero-order chi connectivity index (χ0) is 18.8. The van der Waals surface area contributed by atoms with Crippen LogP contribution in [0.3, 0.4) is 0 Å². The number of hydrogen-bond acceptors (Lipinski definition) is 5. The summed E-state index contributed by atoms with van der Waals surface area (Å²) in [5.41, 5.74) is 2.10. The van der Waals surface area contributed by atoms with Gasteiger partial charge in [0.05, 0.1) is 5.52 Å². The number of nitrogens with zero attached hydrogens (tertiary/aromatic N) is 4. The lowest BCUT2D eigenvalue weighted by Gasteiger charge is -2.25. The topological polar surface area (TPSA) is 53.9 Å². The highest BCUT2D eigenvalue weighted by molar-refractivity contribution is 5.90. The molecule has 3 aliphatic rings. The molecule has 3 aromatic rings. The smallest absolute Gasteiger partial charge is 0.225 e. The summed E-state index contributed by atoms with van der Waals surface area (Å²) in [5, 5.41) is 4.60. The molecule has 0 radical (unpaired) electrons. The Morgan fingerprint density at radius 3 is 2.39 bits per heavy atom. The van der Waals surface area contributed by atoms with Gasteiger partial charge in [0, 0.05) is 43.3 Å². The molecule has 2 aromatic heterocycles. The predicted molar refractivity (Wildman–Crippen MR) is 114 cm³/mol. The number of hydrogen-bond donors (Lipinski definition) is 1. The molecule has 1 saturated carbocycles. The lowest BCUT2D eigenvalue weighted by atomic mass is 9.84. The van der Waals surface area contributed by atoms with Crippen LogP contribution in [0.5, 0.6) is 0 Å². The summed E-state index contributed by atoms with van der Waals surface area (Å²) in [6.07, 6.45) is 8.20. The van der Waals surface area contributed by atoms with E-state index in [2.05, 4.69) is 45.5 Å². The fraction of sp³-hybridized carbons (Fsp3) is 0.435. The van der Waals surface area contributed by atoms with E-state index >= 15 is 0 Å². The van der Waals surface area contributed by atoms with E-state index in [0.717, 1.165) is 60.9 Å². The van der Waals surface area contributed by atoms with Crippen LogP contribution in [0.15, 0.2) is 48.7 Å². The van der Waals surface area contributed by atoms with Gasteiger partial charge in [0.15, 0.2) is 0 Å². The van der Waals surface area contributed by atoms with Crippen LogP contribution in [0, 0.1) is 11.8 Å². The van der Waals surface area contributed by atoms with Gasteiger partial charge < -0.3 is 10.2 Å². The van der Waals surface area contributed by atoms with Crippen molar-refractivity contribution in [1.82, 2.24) is 15.0 Å². The van der Waals surface area contributed by atoms with E-state index in [9.17, 15) is 0 Å². The lowest BCUT2D eigenvalue weighted by Crippen LogP contribution is -2.29. The van der Waals surface area contributed by atoms with Crippen LogP contribution in [0.4, 0.5) is 11.8 Å². The molecule has 28 heavy (non-hydrogen) atoms. The molecule has 2 bridgehead atoms. The van der Waals surface area contributed by atoms with Crippen molar-refractivity contribution in [3.05, 3.63) is 54.4 Å². The number of nitrogens with one attached hydrogen (secondary N) is 1. The molecule has 0 spiro atoms. The first-order valence-corrected chi connectivity index (χ1v) is 10.5. The minimum absolute atomic E-state index is 0.723. The summed E-state index contributed by atoms with van der Waals surface area (Å²) in [7, 11) is 0. The van der Waals surface area contributed by atoms with Crippen LogP contribution < -0.4 is 10.2 Å². The van der Waals surface area contributed by atoms with Crippen LogP contribution in [-0.2, 0) is 6.42 Å². The molecule has 6 rings (SSSR count). The largest absolute Gasteiger partial charge is 0.355 e. The van der Waals surface area contributed by atoms with E-state index in [-0.39, 0.29) is 0 Å². The summed E-state index contributed by atoms with van der Waals surface area (Å²) in [6.45, 7) is 3.04. The van der Waals surface area contributed by atoms with Crippen molar-refractivity contribution in [3.63, 3.8) is 0 Å². The van der Waals surface area contributed by atoms with Gasteiger partial charge in [-0.2, -0.15) is 4.98 Å². The Morgan fingerprint density at radius 1 is 0.893 bits per heavy atom. The summed E-state index contributed by atoms with van der Waals surface area (Å²) < 4.78 is 0. The zero-order valence-corrected chi connectivity index (χ0v) is 16.2. The van der Waals surface area contributed by atoms with Gasteiger partial charge in [-0.25, -0.2) is 4.98 Å². The maximum Gasteiger partial charge on any atom is 0.225 e. The number of pyridine rings is 1. The van der Waals surface area contributed by atoms with E-state index < -0.39 is 0 Å². The molecular weight excluding hydrogens is 346 g/mol. The van der Waals surface area contributed by atoms with E-state index in [0.29, 0.717) is 0 Å². The maximum atomic E-state index is 4.98. The van der Waals surface area contributed by atoms with Crippen LogP contribution >= 0.6 is 0 Å². The van der Waals surface area contributed by atoms with Gasteiger partial charge in [-0.15, -0.1) is 0 Å². The molecule has 0 unspecified atom stereocenters. The molecule has 1 N–H and O–H groups in total. The molecule has 2 aliphatic heterocycles. The van der Waals surface area contributed by atoms with Gasteiger partial charge in [-0.1, -0.05) is 18.2 Å². The van der Waals surface area contributed by atoms with E-state index in [1.807, 2.05) is 18.3 Å². The summed E-state index contributed by atoms with van der Waals surface area (Å²) in [5.74, 6) is 3.45. The first kappa shape index (κ1) is 17.4. The first-order valence-electron chi connectivity index (χ1n) is 10.5. The lowest BCUT2D eigenvalue weighted by molar-refractivity contribution is 0.326. The number of benzene rings is 1. The first-order chi connectivity index (χ1) is 13.8. The number of aromatic nitrogens is 3. The van der Waals surface area contributed by atoms with Crippen molar-refractivity contribution in [1.29, 1.82) is 0 Å². The summed E-state index contributed by atoms with van der Waals surface area (Å²) >= 11 is 0. The Hall–Kier alpha value is -2.69. The Labute approximate surface area is 166 Å². The molecule has 1 aliphatic carbocycles. The Balaban J connectivity index is 1.41. The highest BCUT2D eigenvalue weighted by atomic mass is 15.2. The van der Waals surface area contributed by atoms with Gasteiger partial charge in [0.2, 0.25) is 5.95 Å². The number of anilines is 2. The molecule has 4 heterocycles. The third kappa shape index (κ3) is 3.66. The van der Waals surface area contributed by atoms with Crippen molar-refractivity contribution >= 4 is 22.7 Å². The molecular formula is C23H27N5. The summed E-state index contributed by atoms with van der Waals surface area (Å²) in [6, 6.07) is 14.4. The molecule has 3 fully saturated rings. The maximum absolute atomic E-state index is 4.98. The SMILES string of the molecule is c1ccc(CCNc2nc(N3CC4CCC(CC4)C3)c3ccccc3n2)nc1. The fourth-order valence-corrected chi connectivity index (χ4v) is 4.70. The Kier molecular flexibility index (Phi) is 4.81. The van der Waals surface area contributed by atoms with Gasteiger partial charge in [0.1, 0.15) is 5.82 Å². The third-order valence-electron chi connectivity index (χ3n) is 6.20. The van der Waals surface area contributed by atoms with Crippen LogP contribution in [0.1, 0.15) is 31.4 Å². The molecule has 2 saturated heterocycles. The standard InChI is InChI=1S/C23H27N5/c1-2-7-21-20(6-1)22(28-15-17-8-9-18(16-28)11-10-17)27-23(26-21)25-14-12-19-5-3-4-13-24-19/h1-7,13,17-18H,8-12,14-16H2,(H,25,26,27). The average Bonchev–Trinajstić information content (AvgIpc) is 3.08. The second-order valence-electron chi connectivity index (χ2n) is 8.18. The van der Waals surface area contributed by atoms with Crippen LogP contribution in [0.25, 0.3) is 10.9 Å². The second-order valence-corrected chi connectivity index (χ2v) is 8.18. The molecule has 5 heteroatoms.